The lowest BCUT2D eigenvalue weighted by Gasteiger charge is -2.29. The van der Waals surface area contributed by atoms with Gasteiger partial charge in [-0.15, -0.1) is 0 Å². The average Bonchev–Trinajstić information content (AvgIpc) is 2.60. The number of nitriles is 1. The Balaban J connectivity index is 1.96. The molecule has 2 aromatic carbocycles. The lowest BCUT2D eigenvalue weighted by Crippen LogP contribution is -2.30. The fourth-order valence-corrected chi connectivity index (χ4v) is 3.19. The number of benzene rings is 2. The normalized spacial score (nSPS) is 14.9. The van der Waals surface area contributed by atoms with Gasteiger partial charge in [-0.3, -0.25) is 9.79 Å². The molecule has 0 spiro atoms. The number of hydrogen-bond donors (Lipinski definition) is 0. The number of ketones is 1. The lowest BCUT2D eigenvalue weighted by atomic mass is 9.85. The van der Waals surface area contributed by atoms with Crippen LogP contribution in [0.25, 0.3) is 0 Å². The smallest absolute Gasteiger partial charge is 0.168 e. The first-order valence-corrected chi connectivity index (χ1v) is 8.21. The molecule has 0 bridgehead atoms. The summed E-state index contributed by atoms with van der Waals surface area (Å²) in [5.74, 6) is 0.715. The second-order valence-electron chi connectivity index (χ2n) is 6.86. The predicted molar refractivity (Wildman–Crippen MR) is 97.4 cm³/mol. The third kappa shape index (κ3) is 3.61. The van der Waals surface area contributed by atoms with E-state index in [1.165, 1.54) is 5.56 Å². The molecule has 25 heavy (non-hydrogen) atoms. The topological polar surface area (TPSA) is 62.5 Å². The molecule has 4 heteroatoms. The molecule has 126 valence electrons. The molecule has 0 aromatic heterocycles. The Morgan fingerprint density at radius 1 is 1.28 bits per heavy atom. The van der Waals surface area contributed by atoms with Crippen LogP contribution in [0.5, 0.6) is 5.75 Å². The number of aliphatic imine (C=N–C) groups is 1. The highest BCUT2D eigenvalue weighted by Crippen LogP contribution is 2.31. The minimum atomic E-state index is -0.244. The molecule has 0 saturated heterocycles. The Kier molecular flexibility index (Phi) is 4.41. The molecular weight excluding hydrogens is 312 g/mol. The summed E-state index contributed by atoms with van der Waals surface area (Å²) >= 11 is 0. The molecule has 0 radical (unpaired) electrons. The predicted octanol–water partition coefficient (Wildman–Crippen LogP) is 3.96. The number of Topliss-reactive ketones (excluding diaryl/α,β-unsaturated/α-hetero) is 1. The van der Waals surface area contributed by atoms with E-state index < -0.39 is 0 Å². The summed E-state index contributed by atoms with van der Waals surface area (Å²) in [4.78, 5) is 17.5. The van der Waals surface area contributed by atoms with Crippen LogP contribution in [-0.4, -0.2) is 24.1 Å². The summed E-state index contributed by atoms with van der Waals surface area (Å²) in [6, 6.07) is 14.8. The average molecular weight is 332 g/mol. The number of rotatable bonds is 4. The highest BCUT2D eigenvalue weighted by Gasteiger charge is 2.28. The lowest BCUT2D eigenvalue weighted by molar-refractivity contribution is 0.100. The SMILES string of the molecule is COc1ccc2c(c1)C(CC(=O)c1cccc(C#N)c1)=NC(C)(C)C2. The first-order chi connectivity index (χ1) is 11.9. The third-order valence-corrected chi connectivity index (χ3v) is 4.33. The Labute approximate surface area is 147 Å². The molecule has 0 saturated carbocycles. The van der Waals surface area contributed by atoms with Crippen LogP contribution in [0.3, 0.4) is 0 Å². The van der Waals surface area contributed by atoms with Crippen LogP contribution in [0.1, 0.15) is 47.3 Å². The van der Waals surface area contributed by atoms with Gasteiger partial charge in [-0.1, -0.05) is 18.2 Å². The molecule has 0 amide bonds. The maximum absolute atomic E-state index is 12.7. The van der Waals surface area contributed by atoms with Gasteiger partial charge in [0.25, 0.3) is 0 Å². The van der Waals surface area contributed by atoms with Gasteiger partial charge >= 0.3 is 0 Å². The number of carbonyl (C=O) groups is 1. The Morgan fingerprint density at radius 2 is 2.08 bits per heavy atom. The van der Waals surface area contributed by atoms with Gasteiger partial charge < -0.3 is 4.74 Å². The molecule has 4 nitrogen and oxygen atoms in total. The van der Waals surface area contributed by atoms with E-state index in [4.69, 9.17) is 15.0 Å². The zero-order chi connectivity index (χ0) is 18.0. The van der Waals surface area contributed by atoms with Crippen LogP contribution in [0.2, 0.25) is 0 Å². The maximum Gasteiger partial charge on any atom is 0.168 e. The van der Waals surface area contributed by atoms with E-state index in [0.29, 0.717) is 11.1 Å². The summed E-state index contributed by atoms with van der Waals surface area (Å²) < 4.78 is 5.32. The summed E-state index contributed by atoms with van der Waals surface area (Å²) in [5.41, 5.74) is 3.70. The van der Waals surface area contributed by atoms with Crippen molar-refractivity contribution in [1.82, 2.24) is 0 Å². The standard InChI is InChI=1S/C21H20N2O2/c1-21(2)12-16-7-8-17(25-3)10-18(16)19(23-21)11-20(24)15-6-4-5-14(9-15)13-22/h4-10H,11-12H2,1-3H3. The molecular formula is C21H20N2O2. The van der Waals surface area contributed by atoms with E-state index in [9.17, 15) is 4.79 Å². The van der Waals surface area contributed by atoms with Crippen LogP contribution in [-0.2, 0) is 6.42 Å². The van der Waals surface area contributed by atoms with E-state index in [1.807, 2.05) is 18.2 Å². The van der Waals surface area contributed by atoms with Gasteiger partial charge in [-0.25, -0.2) is 0 Å². The molecule has 0 N–H and O–H groups in total. The molecule has 3 rings (SSSR count). The van der Waals surface area contributed by atoms with E-state index in [0.717, 1.165) is 23.4 Å². The summed E-state index contributed by atoms with van der Waals surface area (Å²) in [6.45, 7) is 4.14. The largest absolute Gasteiger partial charge is 0.497 e. The van der Waals surface area contributed by atoms with Crippen molar-refractivity contribution in [2.45, 2.75) is 32.2 Å². The van der Waals surface area contributed by atoms with Gasteiger partial charge in [0.1, 0.15) is 5.75 Å². The van der Waals surface area contributed by atoms with E-state index in [2.05, 4.69) is 19.9 Å². The van der Waals surface area contributed by atoms with Gasteiger partial charge in [0.15, 0.2) is 5.78 Å². The minimum Gasteiger partial charge on any atom is -0.497 e. The number of nitrogens with zero attached hydrogens (tertiary/aromatic N) is 2. The summed E-state index contributed by atoms with van der Waals surface area (Å²) in [5, 5.41) is 9.02. The molecule has 1 aliphatic rings. The first-order valence-electron chi connectivity index (χ1n) is 8.21. The molecule has 0 fully saturated rings. The molecule has 0 atom stereocenters. The number of methoxy groups -OCH3 is 1. The van der Waals surface area contributed by atoms with Gasteiger partial charge in [0.05, 0.1) is 36.4 Å². The van der Waals surface area contributed by atoms with Crippen molar-refractivity contribution < 1.29 is 9.53 Å². The molecule has 1 heterocycles. The monoisotopic (exact) mass is 332 g/mol. The Hall–Kier alpha value is -2.93. The van der Waals surface area contributed by atoms with Crippen LogP contribution in [0.15, 0.2) is 47.5 Å². The number of hydrogen-bond acceptors (Lipinski definition) is 4. The van der Waals surface area contributed by atoms with E-state index >= 15 is 0 Å². The van der Waals surface area contributed by atoms with Crippen LogP contribution in [0, 0.1) is 11.3 Å². The van der Waals surface area contributed by atoms with Gasteiger partial charge in [0.2, 0.25) is 0 Å². The quantitative estimate of drug-likeness (QED) is 0.796. The highest BCUT2D eigenvalue weighted by molar-refractivity contribution is 6.17. The zero-order valence-electron chi connectivity index (χ0n) is 14.7. The number of carbonyl (C=O) groups excluding carboxylic acids is 1. The second-order valence-corrected chi connectivity index (χ2v) is 6.86. The summed E-state index contributed by atoms with van der Waals surface area (Å²) in [7, 11) is 1.63. The molecule has 0 unspecified atom stereocenters. The van der Waals surface area contributed by atoms with Crippen molar-refractivity contribution >= 4 is 11.5 Å². The van der Waals surface area contributed by atoms with Gasteiger partial charge in [-0.05, 0) is 50.1 Å². The Bertz CT molecular complexity index is 904. The van der Waals surface area contributed by atoms with Crippen molar-refractivity contribution in [3.05, 3.63) is 64.7 Å². The maximum atomic E-state index is 12.7. The molecule has 1 aliphatic heterocycles. The second kappa shape index (κ2) is 6.52. The Morgan fingerprint density at radius 3 is 2.80 bits per heavy atom. The number of fused-ring (bicyclic) bond motifs is 1. The van der Waals surface area contributed by atoms with Crippen LogP contribution >= 0.6 is 0 Å². The van der Waals surface area contributed by atoms with Gasteiger partial charge in [-0.2, -0.15) is 5.26 Å². The van der Waals surface area contributed by atoms with Crippen molar-refractivity contribution in [2.24, 2.45) is 4.99 Å². The van der Waals surface area contributed by atoms with E-state index in [1.54, 1.807) is 31.4 Å². The van der Waals surface area contributed by atoms with Gasteiger partial charge in [0, 0.05) is 11.1 Å². The minimum absolute atomic E-state index is 0.0395. The van der Waals surface area contributed by atoms with Crippen molar-refractivity contribution in [2.75, 3.05) is 7.11 Å². The first kappa shape index (κ1) is 16.9. The molecule has 0 aliphatic carbocycles. The highest BCUT2D eigenvalue weighted by atomic mass is 16.5. The van der Waals surface area contributed by atoms with Crippen LogP contribution in [0.4, 0.5) is 0 Å². The van der Waals surface area contributed by atoms with E-state index in [-0.39, 0.29) is 17.7 Å². The fraction of sp³-hybridized carbons (Fsp3) is 0.286. The molecule has 2 aromatic rings. The van der Waals surface area contributed by atoms with Crippen molar-refractivity contribution in [1.29, 1.82) is 5.26 Å². The van der Waals surface area contributed by atoms with Crippen molar-refractivity contribution in [3.8, 4) is 11.8 Å². The van der Waals surface area contributed by atoms with Crippen LogP contribution < -0.4 is 4.74 Å². The zero-order valence-corrected chi connectivity index (χ0v) is 14.7. The third-order valence-electron chi connectivity index (χ3n) is 4.33. The number of ether oxygens (including phenoxy) is 1. The van der Waals surface area contributed by atoms with Crippen molar-refractivity contribution in [3.63, 3.8) is 0 Å². The fourth-order valence-electron chi connectivity index (χ4n) is 3.19. The summed E-state index contributed by atoms with van der Waals surface area (Å²) in [6.07, 6.45) is 1.03.